The van der Waals surface area contributed by atoms with Gasteiger partial charge in [0.15, 0.2) is 0 Å². The molecule has 0 radical (unpaired) electrons. The Morgan fingerprint density at radius 3 is 2.67 bits per heavy atom. The molecule has 0 aliphatic heterocycles. The van der Waals surface area contributed by atoms with Crippen molar-refractivity contribution in [2.75, 3.05) is 0 Å². The summed E-state index contributed by atoms with van der Waals surface area (Å²) in [6.45, 7) is 1.56. The minimum Gasteiger partial charge on any atom is -0.273 e. The minimum atomic E-state index is -0.809. The molecule has 0 saturated heterocycles. The average molecular weight is 351 g/mol. The summed E-state index contributed by atoms with van der Waals surface area (Å²) in [5, 5.41) is 19.8. The van der Waals surface area contributed by atoms with Crippen molar-refractivity contribution in [3.8, 4) is 11.8 Å². The maximum Gasteiger partial charge on any atom is 0.333 e. The molecule has 0 aliphatic carbocycles. The number of hydrogen-bond donors (Lipinski definition) is 1. The van der Waals surface area contributed by atoms with Crippen LogP contribution in [0.15, 0.2) is 32.4 Å². The van der Waals surface area contributed by atoms with Gasteiger partial charge in [0.2, 0.25) is 0 Å². The Morgan fingerprint density at radius 1 is 1.43 bits per heavy atom. The van der Waals surface area contributed by atoms with Gasteiger partial charge in [0.25, 0.3) is 11.2 Å². The van der Waals surface area contributed by atoms with Crippen LogP contribution in [0.1, 0.15) is 11.1 Å². The second-order valence-corrected chi connectivity index (χ2v) is 4.99. The molecule has 0 saturated carbocycles. The topological polar surface area (TPSA) is 122 Å². The molecular weight excluding hydrogens is 344 g/mol. The molecule has 0 amide bonds. The van der Waals surface area contributed by atoms with Crippen LogP contribution in [0.25, 0.3) is 5.69 Å². The summed E-state index contributed by atoms with van der Waals surface area (Å²) >= 11 is 3.21. The van der Waals surface area contributed by atoms with Gasteiger partial charge in [0, 0.05) is 22.3 Å². The maximum absolute atomic E-state index is 11.8. The lowest BCUT2D eigenvalue weighted by molar-refractivity contribution is -0.385. The molecule has 1 heterocycles. The Labute approximate surface area is 125 Å². The standard InChI is InChI=1S/C12H7BrN4O4/c1-6-2-8(13)10(3-9(6)17(20)21)16-5-7(4-14)11(18)15-12(16)19/h2-3,5H,1H3,(H,15,18,19). The fourth-order valence-corrected chi connectivity index (χ4v) is 2.41. The molecule has 0 fully saturated rings. The van der Waals surface area contributed by atoms with E-state index in [0.29, 0.717) is 10.0 Å². The Balaban J connectivity index is 2.82. The van der Waals surface area contributed by atoms with E-state index in [2.05, 4.69) is 15.9 Å². The van der Waals surface area contributed by atoms with E-state index in [1.807, 2.05) is 4.98 Å². The van der Waals surface area contributed by atoms with Gasteiger partial charge in [-0.15, -0.1) is 0 Å². The van der Waals surface area contributed by atoms with Crippen LogP contribution < -0.4 is 11.2 Å². The van der Waals surface area contributed by atoms with Crippen molar-refractivity contribution in [2.45, 2.75) is 6.92 Å². The highest BCUT2D eigenvalue weighted by Crippen LogP contribution is 2.28. The molecule has 21 heavy (non-hydrogen) atoms. The first-order valence-electron chi connectivity index (χ1n) is 5.56. The van der Waals surface area contributed by atoms with E-state index in [0.717, 1.165) is 10.8 Å². The highest BCUT2D eigenvalue weighted by atomic mass is 79.9. The van der Waals surface area contributed by atoms with Crippen LogP contribution in [0.3, 0.4) is 0 Å². The summed E-state index contributed by atoms with van der Waals surface area (Å²) in [5.41, 5.74) is -1.48. The highest BCUT2D eigenvalue weighted by Gasteiger charge is 2.17. The Hall–Kier alpha value is -2.73. The number of aromatic nitrogens is 2. The summed E-state index contributed by atoms with van der Waals surface area (Å²) in [6.07, 6.45) is 1.04. The van der Waals surface area contributed by atoms with E-state index in [-0.39, 0.29) is 16.9 Å². The smallest absolute Gasteiger partial charge is 0.273 e. The van der Waals surface area contributed by atoms with Crippen molar-refractivity contribution in [3.63, 3.8) is 0 Å². The second-order valence-electron chi connectivity index (χ2n) is 4.13. The normalized spacial score (nSPS) is 10.1. The Bertz CT molecular complexity index is 907. The van der Waals surface area contributed by atoms with Gasteiger partial charge in [-0.3, -0.25) is 24.5 Å². The van der Waals surface area contributed by atoms with Gasteiger partial charge >= 0.3 is 5.69 Å². The zero-order valence-electron chi connectivity index (χ0n) is 10.6. The average Bonchev–Trinajstić information content (AvgIpc) is 2.39. The van der Waals surface area contributed by atoms with Gasteiger partial charge in [-0.25, -0.2) is 4.79 Å². The largest absolute Gasteiger partial charge is 0.333 e. The number of halogens is 1. The molecule has 0 bridgehead atoms. The number of rotatable bonds is 2. The third-order valence-corrected chi connectivity index (χ3v) is 3.42. The number of nitriles is 1. The summed E-state index contributed by atoms with van der Waals surface area (Å²) < 4.78 is 1.39. The molecule has 0 unspecified atom stereocenters. The van der Waals surface area contributed by atoms with E-state index in [4.69, 9.17) is 5.26 Å². The monoisotopic (exact) mass is 350 g/mol. The molecular formula is C12H7BrN4O4. The van der Waals surface area contributed by atoms with Crippen LogP contribution in [0.4, 0.5) is 5.69 Å². The third-order valence-electron chi connectivity index (χ3n) is 2.78. The summed E-state index contributed by atoms with van der Waals surface area (Å²) in [7, 11) is 0. The first-order chi connectivity index (χ1) is 9.85. The van der Waals surface area contributed by atoms with E-state index in [9.17, 15) is 19.7 Å². The van der Waals surface area contributed by atoms with Gasteiger partial charge in [-0.05, 0) is 28.9 Å². The number of nitrogens with one attached hydrogen (secondary N) is 1. The number of nitro groups is 1. The number of H-pyrrole nitrogens is 1. The van der Waals surface area contributed by atoms with Crippen LogP contribution in [0.2, 0.25) is 0 Å². The summed E-state index contributed by atoms with van der Waals surface area (Å²) in [6, 6.07) is 4.33. The fourth-order valence-electron chi connectivity index (χ4n) is 1.76. The molecule has 0 aliphatic rings. The Morgan fingerprint density at radius 2 is 2.10 bits per heavy atom. The minimum absolute atomic E-state index is 0.157. The highest BCUT2D eigenvalue weighted by molar-refractivity contribution is 9.10. The van der Waals surface area contributed by atoms with Gasteiger partial charge in [0.05, 0.1) is 10.6 Å². The number of aryl methyl sites for hydroxylation is 1. The van der Waals surface area contributed by atoms with Crippen molar-refractivity contribution in [2.24, 2.45) is 0 Å². The molecule has 2 rings (SSSR count). The molecule has 1 aromatic carbocycles. The lowest BCUT2D eigenvalue weighted by Gasteiger charge is -2.09. The fraction of sp³-hybridized carbons (Fsp3) is 0.0833. The van der Waals surface area contributed by atoms with Crippen molar-refractivity contribution in [1.82, 2.24) is 9.55 Å². The molecule has 9 heteroatoms. The molecule has 2 aromatic rings. The van der Waals surface area contributed by atoms with E-state index in [1.54, 1.807) is 13.0 Å². The zero-order valence-corrected chi connectivity index (χ0v) is 12.2. The molecule has 1 N–H and O–H groups in total. The number of nitro benzene ring substituents is 1. The molecule has 0 atom stereocenters. The summed E-state index contributed by atoms with van der Waals surface area (Å²) in [5.74, 6) is 0. The van der Waals surface area contributed by atoms with Crippen LogP contribution >= 0.6 is 15.9 Å². The van der Waals surface area contributed by atoms with Crippen LogP contribution in [-0.2, 0) is 0 Å². The number of aromatic amines is 1. The molecule has 8 nitrogen and oxygen atoms in total. The van der Waals surface area contributed by atoms with Crippen LogP contribution in [0.5, 0.6) is 0 Å². The van der Waals surface area contributed by atoms with Gasteiger partial charge in [0.1, 0.15) is 11.6 Å². The van der Waals surface area contributed by atoms with Crippen molar-refractivity contribution < 1.29 is 4.92 Å². The van der Waals surface area contributed by atoms with Gasteiger partial charge in [-0.1, -0.05) is 0 Å². The molecule has 1 aromatic heterocycles. The predicted molar refractivity (Wildman–Crippen MR) is 76.5 cm³/mol. The lowest BCUT2D eigenvalue weighted by atomic mass is 10.2. The maximum atomic E-state index is 11.8. The zero-order chi connectivity index (χ0) is 15.7. The first-order valence-corrected chi connectivity index (χ1v) is 6.35. The van der Waals surface area contributed by atoms with E-state index in [1.165, 1.54) is 12.1 Å². The lowest BCUT2D eigenvalue weighted by Crippen LogP contribution is -2.30. The van der Waals surface area contributed by atoms with Crippen molar-refractivity contribution in [1.29, 1.82) is 5.26 Å². The number of nitrogens with zero attached hydrogens (tertiary/aromatic N) is 3. The Kier molecular flexibility index (Phi) is 3.73. The first kappa shape index (κ1) is 14.7. The third kappa shape index (κ3) is 2.61. The van der Waals surface area contributed by atoms with Crippen molar-refractivity contribution >= 4 is 21.6 Å². The predicted octanol–water partition coefficient (Wildman–Crippen LogP) is 1.38. The van der Waals surface area contributed by atoms with E-state index >= 15 is 0 Å². The van der Waals surface area contributed by atoms with E-state index < -0.39 is 16.2 Å². The number of hydrogen-bond acceptors (Lipinski definition) is 5. The number of benzene rings is 1. The SMILES string of the molecule is Cc1cc(Br)c(-n2cc(C#N)c(=O)[nH]c2=O)cc1[N+](=O)[O-]. The second kappa shape index (κ2) is 5.34. The van der Waals surface area contributed by atoms with Crippen LogP contribution in [-0.4, -0.2) is 14.5 Å². The van der Waals surface area contributed by atoms with Crippen molar-refractivity contribution in [3.05, 3.63) is 64.9 Å². The summed E-state index contributed by atoms with van der Waals surface area (Å²) in [4.78, 5) is 35.6. The van der Waals surface area contributed by atoms with Crippen LogP contribution in [0, 0.1) is 28.4 Å². The molecule has 106 valence electrons. The quantitative estimate of drug-likeness (QED) is 0.647. The van der Waals surface area contributed by atoms with Gasteiger partial charge < -0.3 is 0 Å². The van der Waals surface area contributed by atoms with Gasteiger partial charge in [-0.2, -0.15) is 5.26 Å². The molecule has 0 spiro atoms.